The van der Waals surface area contributed by atoms with Crippen LogP contribution in [0.2, 0.25) is 5.02 Å². The van der Waals surface area contributed by atoms with Crippen LogP contribution in [0.1, 0.15) is 39.2 Å². The number of benzene rings is 3. The van der Waals surface area contributed by atoms with Crippen molar-refractivity contribution in [2.45, 2.75) is 57.0 Å². The van der Waals surface area contributed by atoms with E-state index in [4.69, 9.17) is 16.3 Å². The first-order valence-corrected chi connectivity index (χ1v) is 15.5. The maximum Gasteiger partial charge on any atom is 0.264 e. The molecule has 0 spiro atoms. The van der Waals surface area contributed by atoms with Gasteiger partial charge in [-0.3, -0.25) is 13.9 Å². The number of sulfonamides is 1. The first-order valence-electron chi connectivity index (χ1n) is 13.7. The van der Waals surface area contributed by atoms with Gasteiger partial charge < -0.3 is 15.0 Å². The number of nitrogens with zero attached hydrogens (tertiary/aromatic N) is 2. The Labute approximate surface area is 248 Å². The number of nitrogens with one attached hydrogen (secondary N) is 1. The minimum Gasteiger partial charge on any atom is -0.497 e. The Balaban J connectivity index is 2.01. The molecule has 0 fully saturated rings. The molecule has 0 aliphatic rings. The van der Waals surface area contributed by atoms with Gasteiger partial charge in [0.1, 0.15) is 18.3 Å². The van der Waals surface area contributed by atoms with Gasteiger partial charge in [0, 0.05) is 17.6 Å². The summed E-state index contributed by atoms with van der Waals surface area (Å²) in [6.07, 6.45) is 1.61. The van der Waals surface area contributed by atoms with Crippen LogP contribution in [0.15, 0.2) is 83.8 Å². The second kappa shape index (κ2) is 14.9. The number of rotatable bonds is 14. The van der Waals surface area contributed by atoms with E-state index < -0.39 is 28.5 Å². The first kappa shape index (κ1) is 32.0. The second-order valence-corrected chi connectivity index (χ2v) is 12.0. The van der Waals surface area contributed by atoms with E-state index in [1.807, 2.05) is 51.1 Å². The molecule has 3 aromatic carbocycles. The molecule has 0 unspecified atom stereocenters. The molecule has 1 N–H and O–H groups in total. The van der Waals surface area contributed by atoms with Crippen LogP contribution in [0.25, 0.3) is 0 Å². The van der Waals surface area contributed by atoms with Crippen molar-refractivity contribution in [1.29, 1.82) is 0 Å². The number of methoxy groups -OCH3 is 1. The van der Waals surface area contributed by atoms with Crippen LogP contribution < -0.4 is 14.4 Å². The molecule has 220 valence electrons. The zero-order chi connectivity index (χ0) is 30.0. The quantitative estimate of drug-likeness (QED) is 0.271. The van der Waals surface area contributed by atoms with Crippen molar-refractivity contribution < 1.29 is 22.7 Å². The van der Waals surface area contributed by atoms with E-state index in [9.17, 15) is 18.0 Å². The Morgan fingerprint density at radius 2 is 1.63 bits per heavy atom. The fourth-order valence-corrected chi connectivity index (χ4v) is 5.96. The van der Waals surface area contributed by atoms with Gasteiger partial charge in [0.05, 0.1) is 17.7 Å². The lowest BCUT2D eigenvalue weighted by Crippen LogP contribution is -2.54. The Hall–Kier alpha value is -3.56. The predicted molar refractivity (Wildman–Crippen MR) is 163 cm³/mol. The van der Waals surface area contributed by atoms with Gasteiger partial charge in [-0.15, -0.1) is 0 Å². The molecule has 8 nitrogen and oxygen atoms in total. The van der Waals surface area contributed by atoms with Gasteiger partial charge in [0.25, 0.3) is 10.0 Å². The SMILES string of the molecule is CC[C@H](C)NC(=O)[C@H](CC)N(CCc1ccccc1)C(=O)CN(c1cccc(Cl)c1)S(=O)(=O)c1ccc(OC)cc1. The highest BCUT2D eigenvalue weighted by Crippen LogP contribution is 2.27. The summed E-state index contributed by atoms with van der Waals surface area (Å²) in [4.78, 5) is 28.9. The molecule has 0 aliphatic carbocycles. The molecule has 0 aromatic heterocycles. The molecule has 0 saturated heterocycles. The van der Waals surface area contributed by atoms with Crippen molar-refractivity contribution in [3.05, 3.63) is 89.4 Å². The smallest absolute Gasteiger partial charge is 0.264 e. The topological polar surface area (TPSA) is 96.0 Å². The van der Waals surface area contributed by atoms with E-state index >= 15 is 0 Å². The number of halogens is 1. The van der Waals surface area contributed by atoms with Gasteiger partial charge >= 0.3 is 0 Å². The van der Waals surface area contributed by atoms with Crippen molar-refractivity contribution in [2.24, 2.45) is 0 Å². The molecular weight excluding hydrogens is 562 g/mol. The average molecular weight is 600 g/mol. The normalized spacial score (nSPS) is 12.7. The summed E-state index contributed by atoms with van der Waals surface area (Å²) in [7, 11) is -2.70. The van der Waals surface area contributed by atoms with Crippen LogP contribution in [-0.2, 0) is 26.0 Å². The number of ether oxygens (including phenoxy) is 1. The highest BCUT2D eigenvalue weighted by Gasteiger charge is 2.33. The van der Waals surface area contributed by atoms with Crippen LogP contribution in [-0.4, -0.2) is 57.4 Å². The summed E-state index contributed by atoms with van der Waals surface area (Å²) in [5, 5.41) is 3.30. The van der Waals surface area contributed by atoms with Crippen LogP contribution in [0, 0.1) is 0 Å². The zero-order valence-corrected chi connectivity index (χ0v) is 25.5. The van der Waals surface area contributed by atoms with E-state index in [0.29, 0.717) is 23.6 Å². The lowest BCUT2D eigenvalue weighted by atomic mass is 10.1. The van der Waals surface area contributed by atoms with E-state index in [1.54, 1.807) is 30.3 Å². The minimum atomic E-state index is -4.20. The molecule has 2 amide bonds. The Bertz CT molecular complexity index is 1400. The molecule has 3 rings (SSSR count). The maximum atomic E-state index is 14.1. The minimum absolute atomic E-state index is 0.0107. The molecule has 3 aromatic rings. The van der Waals surface area contributed by atoms with E-state index in [-0.39, 0.29) is 29.1 Å². The number of carbonyl (C=O) groups is 2. The summed E-state index contributed by atoms with van der Waals surface area (Å²) in [6, 6.07) is 21.1. The molecule has 2 atom stereocenters. The molecule has 0 bridgehead atoms. The highest BCUT2D eigenvalue weighted by molar-refractivity contribution is 7.92. The number of hydrogen-bond acceptors (Lipinski definition) is 5. The van der Waals surface area contributed by atoms with Crippen molar-refractivity contribution in [3.8, 4) is 5.75 Å². The summed E-state index contributed by atoms with van der Waals surface area (Å²) >= 11 is 6.23. The molecule has 10 heteroatoms. The fourth-order valence-electron chi connectivity index (χ4n) is 4.37. The van der Waals surface area contributed by atoms with Crippen LogP contribution in [0.4, 0.5) is 5.69 Å². The largest absolute Gasteiger partial charge is 0.497 e. The van der Waals surface area contributed by atoms with Crippen molar-refractivity contribution >= 4 is 39.1 Å². The predicted octanol–water partition coefficient (Wildman–Crippen LogP) is 5.31. The number of carbonyl (C=O) groups excluding carboxylic acids is 2. The molecular formula is C31H38ClN3O5S. The van der Waals surface area contributed by atoms with Gasteiger partial charge in [-0.05, 0) is 74.2 Å². The second-order valence-electron chi connectivity index (χ2n) is 9.73. The first-order chi connectivity index (χ1) is 19.6. The Kier molecular flexibility index (Phi) is 11.6. The van der Waals surface area contributed by atoms with Crippen molar-refractivity contribution in [3.63, 3.8) is 0 Å². The van der Waals surface area contributed by atoms with E-state index in [1.165, 1.54) is 30.2 Å². The summed E-state index contributed by atoms with van der Waals surface area (Å²) in [6.45, 7) is 5.44. The summed E-state index contributed by atoms with van der Waals surface area (Å²) in [5.74, 6) is -0.265. The van der Waals surface area contributed by atoms with Crippen LogP contribution in [0.5, 0.6) is 5.75 Å². The highest BCUT2D eigenvalue weighted by atomic mass is 35.5. The molecule has 0 heterocycles. The summed E-state index contributed by atoms with van der Waals surface area (Å²) in [5.41, 5.74) is 1.24. The lowest BCUT2D eigenvalue weighted by molar-refractivity contribution is -0.139. The summed E-state index contributed by atoms with van der Waals surface area (Å²) < 4.78 is 34.1. The van der Waals surface area contributed by atoms with Crippen molar-refractivity contribution in [1.82, 2.24) is 10.2 Å². The lowest BCUT2D eigenvalue weighted by Gasteiger charge is -2.33. The average Bonchev–Trinajstić information content (AvgIpc) is 2.98. The monoisotopic (exact) mass is 599 g/mol. The number of hydrogen-bond donors (Lipinski definition) is 1. The molecule has 0 saturated carbocycles. The third-order valence-electron chi connectivity index (χ3n) is 6.89. The number of amides is 2. The third kappa shape index (κ3) is 8.47. The fraction of sp³-hybridized carbons (Fsp3) is 0.355. The molecule has 0 aliphatic heterocycles. The maximum absolute atomic E-state index is 14.1. The number of anilines is 1. The van der Waals surface area contributed by atoms with E-state index in [0.717, 1.165) is 16.3 Å². The van der Waals surface area contributed by atoms with Crippen LogP contribution >= 0.6 is 11.6 Å². The van der Waals surface area contributed by atoms with Gasteiger partial charge in [0.15, 0.2) is 0 Å². The van der Waals surface area contributed by atoms with E-state index in [2.05, 4.69) is 5.32 Å². The molecule has 41 heavy (non-hydrogen) atoms. The molecule has 0 radical (unpaired) electrons. The van der Waals surface area contributed by atoms with Crippen molar-refractivity contribution in [2.75, 3.05) is 24.5 Å². The Morgan fingerprint density at radius 1 is 0.951 bits per heavy atom. The third-order valence-corrected chi connectivity index (χ3v) is 8.92. The zero-order valence-electron chi connectivity index (χ0n) is 23.9. The van der Waals surface area contributed by atoms with Gasteiger partial charge in [-0.1, -0.05) is 61.8 Å². The van der Waals surface area contributed by atoms with Gasteiger partial charge in [0.2, 0.25) is 11.8 Å². The van der Waals surface area contributed by atoms with Crippen LogP contribution in [0.3, 0.4) is 0 Å². The standard InChI is InChI=1S/C31H38ClN3O5S/c1-5-23(3)33-31(37)29(6-2)34(20-19-24-11-8-7-9-12-24)30(36)22-35(26-14-10-13-25(32)21-26)41(38,39)28-17-15-27(40-4)16-18-28/h7-18,21,23,29H,5-6,19-20,22H2,1-4H3,(H,33,37)/t23-,29-/m0/s1. The Morgan fingerprint density at radius 3 is 2.22 bits per heavy atom. The van der Waals surface area contributed by atoms with Gasteiger partial charge in [-0.25, -0.2) is 8.42 Å². The van der Waals surface area contributed by atoms with Gasteiger partial charge in [-0.2, -0.15) is 0 Å².